The number of nitrogens with one attached hydrogen (secondary N) is 1. The van der Waals surface area contributed by atoms with Crippen molar-refractivity contribution in [3.05, 3.63) is 47.1 Å². The number of hydrogen-bond acceptors (Lipinski definition) is 5. The molecule has 0 unspecified atom stereocenters. The number of carbonyl (C=O) groups is 1. The highest BCUT2D eigenvalue weighted by molar-refractivity contribution is 7.15. The summed E-state index contributed by atoms with van der Waals surface area (Å²) in [4.78, 5) is 17.9. The molecule has 0 radical (unpaired) electrons. The Morgan fingerprint density at radius 3 is 3.00 bits per heavy atom. The van der Waals surface area contributed by atoms with Crippen LogP contribution >= 0.6 is 11.3 Å². The Morgan fingerprint density at radius 1 is 1.33 bits per heavy atom. The highest BCUT2D eigenvalue weighted by Crippen LogP contribution is 2.30. The van der Waals surface area contributed by atoms with Crippen LogP contribution in [0.2, 0.25) is 0 Å². The first kappa shape index (κ1) is 15.0. The molecule has 5 nitrogen and oxygen atoms in total. The van der Waals surface area contributed by atoms with E-state index in [0.717, 1.165) is 22.6 Å². The van der Waals surface area contributed by atoms with Crippen LogP contribution in [-0.4, -0.2) is 16.0 Å². The molecule has 24 heavy (non-hydrogen) atoms. The van der Waals surface area contributed by atoms with Crippen LogP contribution < -0.4 is 5.32 Å². The van der Waals surface area contributed by atoms with Crippen LogP contribution in [0.3, 0.4) is 0 Å². The monoisotopic (exact) mass is 343 g/mol. The van der Waals surface area contributed by atoms with Crippen LogP contribution in [0.1, 0.15) is 17.7 Å². The fraction of sp³-hybridized carbons (Fsp3) is 0.235. The van der Waals surface area contributed by atoms with Crippen molar-refractivity contribution in [1.29, 1.82) is 0 Å². The van der Waals surface area contributed by atoms with Gasteiger partial charge >= 0.3 is 0 Å². The molecule has 1 fully saturated rings. The van der Waals surface area contributed by atoms with Crippen LogP contribution in [0.5, 0.6) is 0 Å². The quantitative estimate of drug-likeness (QED) is 0.768. The van der Waals surface area contributed by atoms with E-state index in [4.69, 9.17) is 4.52 Å². The van der Waals surface area contributed by atoms with Crippen molar-refractivity contribution in [1.82, 2.24) is 15.5 Å². The summed E-state index contributed by atoms with van der Waals surface area (Å²) in [6.07, 6.45) is 1.99. The number of nitrogens with zero attached hydrogens (tertiary/aromatic N) is 2. The van der Waals surface area contributed by atoms with Crippen molar-refractivity contribution < 1.29 is 13.7 Å². The number of aromatic nitrogens is 2. The van der Waals surface area contributed by atoms with E-state index in [-0.39, 0.29) is 23.5 Å². The molecule has 1 aliphatic rings. The topological polar surface area (TPSA) is 68.0 Å². The number of hydrogen-bond donors (Lipinski definition) is 1. The van der Waals surface area contributed by atoms with Gasteiger partial charge in [-0.2, -0.15) is 4.98 Å². The largest absolute Gasteiger partial charge is 0.351 e. The van der Waals surface area contributed by atoms with Crippen molar-refractivity contribution in [2.75, 3.05) is 0 Å². The van der Waals surface area contributed by atoms with Gasteiger partial charge in [0.2, 0.25) is 11.7 Å². The third-order valence-corrected chi connectivity index (χ3v) is 4.85. The number of carbonyl (C=O) groups excluding carboxylic acids is 1. The first-order valence-corrected chi connectivity index (χ1v) is 8.47. The predicted octanol–water partition coefficient (Wildman–Crippen LogP) is 3.63. The molecule has 1 aliphatic carbocycles. The zero-order valence-corrected chi connectivity index (χ0v) is 13.5. The Kier molecular flexibility index (Phi) is 3.86. The third-order valence-electron chi connectivity index (χ3n) is 3.76. The summed E-state index contributed by atoms with van der Waals surface area (Å²) < 4.78 is 18.5. The van der Waals surface area contributed by atoms with E-state index in [9.17, 15) is 9.18 Å². The minimum absolute atomic E-state index is 0.123. The van der Waals surface area contributed by atoms with Crippen LogP contribution in [-0.2, 0) is 11.3 Å². The number of thiophene rings is 1. The highest BCUT2D eigenvalue weighted by Gasteiger charge is 2.29. The van der Waals surface area contributed by atoms with E-state index in [1.165, 1.54) is 23.5 Å². The minimum Gasteiger partial charge on any atom is -0.351 e. The number of halogens is 1. The molecule has 7 heteroatoms. The fourth-order valence-electron chi connectivity index (χ4n) is 2.32. The van der Waals surface area contributed by atoms with Crippen LogP contribution in [0.25, 0.3) is 22.2 Å². The molecule has 0 atom stereocenters. The minimum atomic E-state index is -0.350. The van der Waals surface area contributed by atoms with Gasteiger partial charge in [0.1, 0.15) is 5.82 Å². The first-order chi connectivity index (χ1) is 11.7. The van der Waals surface area contributed by atoms with Gasteiger partial charge in [0.25, 0.3) is 5.89 Å². The Bertz CT molecular complexity index is 885. The van der Waals surface area contributed by atoms with Crippen LogP contribution in [0, 0.1) is 11.7 Å². The SMILES string of the molecule is O=C(NCc1ccc(-c2noc(-c3cccc(F)c3)n2)s1)C1CC1. The molecule has 0 bridgehead atoms. The average molecular weight is 343 g/mol. The van der Waals surface area contributed by atoms with Gasteiger partial charge in [-0.25, -0.2) is 4.39 Å². The molecule has 1 aromatic carbocycles. The first-order valence-electron chi connectivity index (χ1n) is 7.65. The summed E-state index contributed by atoms with van der Waals surface area (Å²) in [7, 11) is 0. The van der Waals surface area contributed by atoms with Crippen LogP contribution in [0.4, 0.5) is 4.39 Å². The molecule has 1 amide bonds. The van der Waals surface area contributed by atoms with Gasteiger partial charge in [-0.15, -0.1) is 11.3 Å². The standard InChI is InChI=1S/C17H14FN3O2S/c18-12-3-1-2-11(8-12)17-20-15(21-23-17)14-7-6-13(24-14)9-19-16(22)10-4-5-10/h1-3,6-8,10H,4-5,9H2,(H,19,22). The lowest BCUT2D eigenvalue weighted by Gasteiger charge is -2.00. The zero-order chi connectivity index (χ0) is 16.5. The summed E-state index contributed by atoms with van der Waals surface area (Å²) in [6.45, 7) is 0.509. The molecular formula is C17H14FN3O2S. The molecule has 2 heterocycles. The second-order valence-electron chi connectivity index (χ2n) is 5.69. The number of amides is 1. The molecular weight excluding hydrogens is 329 g/mol. The molecule has 0 spiro atoms. The summed E-state index contributed by atoms with van der Waals surface area (Å²) in [5, 5.41) is 6.88. The van der Waals surface area contributed by atoms with Crippen LogP contribution in [0.15, 0.2) is 40.9 Å². The summed E-state index contributed by atoms with van der Waals surface area (Å²) in [5.41, 5.74) is 0.544. The Labute approximate surface area is 141 Å². The van der Waals surface area contributed by atoms with Gasteiger partial charge in [0.05, 0.1) is 11.4 Å². The second kappa shape index (κ2) is 6.16. The molecule has 4 rings (SSSR count). The number of benzene rings is 1. The number of rotatable bonds is 5. The van der Waals surface area contributed by atoms with Crippen molar-refractivity contribution in [3.8, 4) is 22.2 Å². The summed E-state index contributed by atoms with van der Waals surface area (Å²) >= 11 is 1.50. The zero-order valence-electron chi connectivity index (χ0n) is 12.7. The van der Waals surface area contributed by atoms with Gasteiger partial charge in [-0.05, 0) is 43.2 Å². The lowest BCUT2D eigenvalue weighted by molar-refractivity contribution is -0.122. The lowest BCUT2D eigenvalue weighted by Crippen LogP contribution is -2.23. The van der Waals surface area contributed by atoms with E-state index in [1.54, 1.807) is 12.1 Å². The van der Waals surface area contributed by atoms with E-state index < -0.39 is 0 Å². The van der Waals surface area contributed by atoms with Gasteiger partial charge in [-0.1, -0.05) is 11.2 Å². The van der Waals surface area contributed by atoms with Gasteiger partial charge in [0.15, 0.2) is 0 Å². The molecule has 3 aromatic rings. The maximum atomic E-state index is 13.3. The Morgan fingerprint density at radius 2 is 2.21 bits per heavy atom. The molecule has 1 N–H and O–H groups in total. The normalized spacial score (nSPS) is 13.9. The Hall–Kier alpha value is -2.54. The summed E-state index contributed by atoms with van der Waals surface area (Å²) in [6, 6.07) is 9.86. The smallest absolute Gasteiger partial charge is 0.258 e. The van der Waals surface area contributed by atoms with Crippen molar-refractivity contribution in [2.24, 2.45) is 5.92 Å². The van der Waals surface area contributed by atoms with Gasteiger partial charge < -0.3 is 9.84 Å². The van der Waals surface area contributed by atoms with E-state index in [2.05, 4.69) is 15.5 Å². The van der Waals surface area contributed by atoms with E-state index >= 15 is 0 Å². The van der Waals surface area contributed by atoms with Gasteiger partial charge in [0, 0.05) is 16.4 Å². The molecule has 1 saturated carbocycles. The maximum Gasteiger partial charge on any atom is 0.258 e. The van der Waals surface area contributed by atoms with E-state index in [1.807, 2.05) is 12.1 Å². The highest BCUT2D eigenvalue weighted by atomic mass is 32.1. The van der Waals surface area contributed by atoms with Crippen molar-refractivity contribution in [2.45, 2.75) is 19.4 Å². The van der Waals surface area contributed by atoms with Crippen molar-refractivity contribution in [3.63, 3.8) is 0 Å². The van der Waals surface area contributed by atoms with E-state index in [0.29, 0.717) is 17.9 Å². The molecule has 0 aliphatic heterocycles. The molecule has 0 saturated heterocycles. The van der Waals surface area contributed by atoms with Crippen molar-refractivity contribution >= 4 is 17.2 Å². The molecule has 2 aromatic heterocycles. The Balaban J connectivity index is 1.47. The predicted molar refractivity (Wildman–Crippen MR) is 87.6 cm³/mol. The average Bonchev–Trinajstić information content (AvgIpc) is 3.13. The lowest BCUT2D eigenvalue weighted by atomic mass is 10.2. The summed E-state index contributed by atoms with van der Waals surface area (Å²) in [5.74, 6) is 0.714. The molecule has 122 valence electrons. The fourth-order valence-corrected chi connectivity index (χ4v) is 3.19. The maximum absolute atomic E-state index is 13.3. The second-order valence-corrected chi connectivity index (χ2v) is 6.86. The third kappa shape index (κ3) is 3.21. The van der Waals surface area contributed by atoms with Gasteiger partial charge in [-0.3, -0.25) is 4.79 Å².